The first-order valence-electron chi connectivity index (χ1n) is 17.5. The second kappa shape index (κ2) is 25.1. The average Bonchev–Trinajstić information content (AvgIpc) is 2.99. The predicted molar refractivity (Wildman–Crippen MR) is 177 cm³/mol. The lowest BCUT2D eigenvalue weighted by molar-refractivity contribution is -0.143. The van der Waals surface area contributed by atoms with Crippen LogP contribution in [0.5, 0.6) is 5.75 Å². The molecule has 1 aromatic rings. The van der Waals surface area contributed by atoms with Crippen molar-refractivity contribution in [3.05, 3.63) is 23.8 Å². The molecule has 0 aliphatic carbocycles. The van der Waals surface area contributed by atoms with Gasteiger partial charge in [0.25, 0.3) is 0 Å². The number of nitrogens with zero attached hydrogens (tertiary/aromatic N) is 1. The van der Waals surface area contributed by atoms with E-state index in [1.54, 1.807) is 0 Å². The van der Waals surface area contributed by atoms with Crippen LogP contribution in [0.15, 0.2) is 18.2 Å². The van der Waals surface area contributed by atoms with Gasteiger partial charge in [-0.25, -0.2) is 0 Å². The zero-order valence-electron chi connectivity index (χ0n) is 26.6. The number of hydrogen-bond donors (Lipinski definition) is 0. The summed E-state index contributed by atoms with van der Waals surface area (Å²) < 4.78 is 11.6. The van der Waals surface area contributed by atoms with E-state index >= 15 is 0 Å². The fraction of sp³-hybridized carbons (Fsp3) is 0.806. The fourth-order valence-electron chi connectivity index (χ4n) is 5.81. The van der Waals surface area contributed by atoms with E-state index in [0.29, 0.717) is 25.6 Å². The summed E-state index contributed by atoms with van der Waals surface area (Å²) in [5.74, 6) is 1.48. The number of carbonyl (C=O) groups is 1. The second-order valence-corrected chi connectivity index (χ2v) is 12.5. The van der Waals surface area contributed by atoms with Gasteiger partial charge in [-0.15, -0.1) is 11.6 Å². The molecule has 1 aliphatic rings. The van der Waals surface area contributed by atoms with E-state index in [1.807, 2.05) is 0 Å². The normalized spacial score (nSPS) is 12.9. The molecule has 0 bridgehead atoms. The number of esters is 1. The van der Waals surface area contributed by atoms with Gasteiger partial charge in [0.05, 0.1) is 6.61 Å². The van der Waals surface area contributed by atoms with Crippen LogP contribution in [-0.2, 0) is 16.0 Å². The van der Waals surface area contributed by atoms with Crippen LogP contribution in [0.2, 0.25) is 0 Å². The number of anilines is 1. The van der Waals surface area contributed by atoms with Crippen molar-refractivity contribution in [2.24, 2.45) is 0 Å². The summed E-state index contributed by atoms with van der Waals surface area (Å²) in [6.45, 7) is 4.22. The Hall–Kier alpha value is -1.42. The molecular weight excluding hydrogens is 530 g/mol. The summed E-state index contributed by atoms with van der Waals surface area (Å²) in [6, 6.07) is 6.30. The smallest absolute Gasteiger partial charge is 0.307 e. The molecule has 0 amide bonds. The summed E-state index contributed by atoms with van der Waals surface area (Å²) in [4.78, 5) is 14.5. The lowest BCUT2D eigenvalue weighted by Gasteiger charge is -2.31. The first kappa shape index (κ1) is 35.8. The van der Waals surface area contributed by atoms with Crippen LogP contribution >= 0.6 is 11.6 Å². The van der Waals surface area contributed by atoms with Gasteiger partial charge < -0.3 is 14.4 Å². The van der Waals surface area contributed by atoms with Gasteiger partial charge in [0.2, 0.25) is 0 Å². The van der Waals surface area contributed by atoms with Crippen molar-refractivity contribution in [3.8, 4) is 5.75 Å². The number of hydrogen-bond acceptors (Lipinski definition) is 4. The molecule has 0 saturated heterocycles. The molecule has 1 aliphatic heterocycles. The summed E-state index contributed by atoms with van der Waals surface area (Å²) in [5, 5.41) is 0. The molecule has 5 heteroatoms. The van der Waals surface area contributed by atoms with Gasteiger partial charge in [-0.1, -0.05) is 129 Å². The highest BCUT2D eigenvalue weighted by Gasteiger charge is 2.19. The van der Waals surface area contributed by atoms with Crippen molar-refractivity contribution in [1.29, 1.82) is 0 Å². The third-order valence-electron chi connectivity index (χ3n) is 8.43. The Morgan fingerprint density at radius 2 is 1.32 bits per heavy atom. The van der Waals surface area contributed by atoms with E-state index in [4.69, 9.17) is 21.1 Å². The van der Waals surface area contributed by atoms with Crippen LogP contribution in [0, 0.1) is 0 Å². The number of ether oxygens (including phenoxy) is 2. The summed E-state index contributed by atoms with van der Waals surface area (Å²) in [6.07, 6.45) is 30.5. The van der Waals surface area contributed by atoms with E-state index in [0.717, 1.165) is 56.5 Å². The number of aryl methyl sites for hydroxylation is 1. The van der Waals surface area contributed by atoms with Gasteiger partial charge >= 0.3 is 5.97 Å². The van der Waals surface area contributed by atoms with Gasteiger partial charge in [0.1, 0.15) is 5.75 Å². The maximum Gasteiger partial charge on any atom is 0.307 e. The Bertz CT molecular complexity index is 771. The lowest BCUT2D eigenvalue weighted by Crippen LogP contribution is -2.32. The molecule has 0 saturated carbocycles. The van der Waals surface area contributed by atoms with E-state index in [2.05, 4.69) is 30.0 Å². The Morgan fingerprint density at radius 1 is 0.756 bits per heavy atom. The number of unbranched alkanes of at least 4 members (excludes halogenated alkanes) is 19. The molecule has 2 rings (SSSR count). The minimum atomic E-state index is -0.0717. The van der Waals surface area contributed by atoms with Crippen LogP contribution in [-0.4, -0.2) is 31.7 Å². The highest BCUT2D eigenvalue weighted by Crippen LogP contribution is 2.31. The third kappa shape index (κ3) is 18.0. The number of rotatable bonds is 27. The van der Waals surface area contributed by atoms with Crippen molar-refractivity contribution in [3.63, 3.8) is 0 Å². The van der Waals surface area contributed by atoms with E-state index in [-0.39, 0.29) is 5.97 Å². The molecular formula is C36H62ClNO3. The van der Waals surface area contributed by atoms with E-state index < -0.39 is 0 Å². The first-order valence-corrected chi connectivity index (χ1v) is 18.0. The van der Waals surface area contributed by atoms with Crippen molar-refractivity contribution >= 4 is 23.3 Å². The Morgan fingerprint density at radius 3 is 1.88 bits per heavy atom. The van der Waals surface area contributed by atoms with Gasteiger partial charge in [0.15, 0.2) is 6.73 Å². The van der Waals surface area contributed by atoms with Gasteiger partial charge in [-0.3, -0.25) is 4.79 Å². The minimum Gasteiger partial charge on any atom is -0.494 e. The molecule has 1 heterocycles. The standard InChI is InChI=1S/C36H62ClNO3/c1-2-3-4-5-6-7-8-9-10-11-12-13-14-15-16-17-18-19-20-25-36(39)41-32-38-29-23-24-33-26-27-34(31-35(33)38)40-30-22-21-28-37/h26-27,31H,2-25,28-30,32H2,1H3. The second-order valence-electron chi connectivity index (χ2n) is 12.2. The van der Waals surface area contributed by atoms with Crippen LogP contribution in [0.25, 0.3) is 0 Å². The van der Waals surface area contributed by atoms with Crippen LogP contribution < -0.4 is 9.64 Å². The van der Waals surface area contributed by atoms with E-state index in [9.17, 15) is 4.79 Å². The topological polar surface area (TPSA) is 38.8 Å². The van der Waals surface area contributed by atoms with Crippen molar-refractivity contribution in [2.45, 2.75) is 161 Å². The zero-order chi connectivity index (χ0) is 29.2. The number of alkyl halides is 1. The number of carbonyl (C=O) groups excluding carboxylic acids is 1. The molecule has 1 aromatic carbocycles. The highest BCUT2D eigenvalue weighted by atomic mass is 35.5. The summed E-state index contributed by atoms with van der Waals surface area (Å²) >= 11 is 5.76. The van der Waals surface area contributed by atoms with Crippen LogP contribution in [0.3, 0.4) is 0 Å². The van der Waals surface area contributed by atoms with Gasteiger partial charge in [-0.05, 0) is 43.7 Å². The molecule has 41 heavy (non-hydrogen) atoms. The molecule has 0 fully saturated rings. The average molecular weight is 592 g/mol. The van der Waals surface area contributed by atoms with Crippen molar-refractivity contribution in [2.75, 3.05) is 30.7 Å². The number of benzene rings is 1. The highest BCUT2D eigenvalue weighted by molar-refractivity contribution is 6.17. The molecule has 4 nitrogen and oxygen atoms in total. The Kier molecular flexibility index (Phi) is 21.9. The van der Waals surface area contributed by atoms with Gasteiger partial charge in [-0.2, -0.15) is 0 Å². The Balaban J connectivity index is 1.40. The molecule has 0 radical (unpaired) electrons. The molecule has 0 N–H and O–H groups in total. The number of halogens is 1. The predicted octanol–water partition coefficient (Wildman–Crippen LogP) is 11.2. The summed E-state index contributed by atoms with van der Waals surface area (Å²) in [7, 11) is 0. The van der Waals surface area contributed by atoms with E-state index in [1.165, 1.54) is 115 Å². The monoisotopic (exact) mass is 591 g/mol. The Labute approximate surface area is 258 Å². The van der Waals surface area contributed by atoms with Crippen molar-refractivity contribution < 1.29 is 14.3 Å². The summed E-state index contributed by atoms with van der Waals surface area (Å²) in [5.41, 5.74) is 2.45. The zero-order valence-corrected chi connectivity index (χ0v) is 27.3. The third-order valence-corrected chi connectivity index (χ3v) is 8.70. The molecule has 0 spiro atoms. The number of fused-ring (bicyclic) bond motifs is 1. The minimum absolute atomic E-state index is 0.0717. The molecule has 0 atom stereocenters. The fourth-order valence-corrected chi connectivity index (χ4v) is 6.00. The van der Waals surface area contributed by atoms with Crippen molar-refractivity contribution in [1.82, 2.24) is 0 Å². The van der Waals surface area contributed by atoms with Gasteiger partial charge in [0, 0.05) is 30.6 Å². The lowest BCUT2D eigenvalue weighted by atomic mass is 10.0. The molecule has 236 valence electrons. The first-order chi connectivity index (χ1) is 20.2. The maximum atomic E-state index is 12.4. The quantitative estimate of drug-likeness (QED) is 0.0579. The SMILES string of the molecule is CCCCCCCCCCCCCCCCCCCCCC(=O)OCN1CCCc2ccc(OCCCCCl)cc21. The largest absolute Gasteiger partial charge is 0.494 e. The molecule has 0 unspecified atom stereocenters. The van der Waals surface area contributed by atoms with Crippen LogP contribution in [0.1, 0.15) is 160 Å². The van der Waals surface area contributed by atoms with Crippen LogP contribution in [0.4, 0.5) is 5.69 Å². The maximum absolute atomic E-state index is 12.4. The molecule has 0 aromatic heterocycles.